The van der Waals surface area contributed by atoms with Crippen LogP contribution >= 0.6 is 11.3 Å². The quantitative estimate of drug-likeness (QED) is 0.530. The van der Waals surface area contributed by atoms with Gasteiger partial charge in [-0.25, -0.2) is 0 Å². The number of hydrogen-bond acceptors (Lipinski definition) is 5. The predicted octanol–water partition coefficient (Wildman–Crippen LogP) is 1.93. The van der Waals surface area contributed by atoms with Crippen LogP contribution in [0.3, 0.4) is 0 Å². The zero-order valence-electron chi connectivity index (χ0n) is 13.1. The van der Waals surface area contributed by atoms with Crippen LogP contribution < -0.4 is 5.73 Å². The zero-order valence-corrected chi connectivity index (χ0v) is 13.9. The molecule has 118 valence electrons. The first-order chi connectivity index (χ1) is 10.3. The fourth-order valence-electron chi connectivity index (χ4n) is 1.83. The standard InChI is InChI=1S/C16H26N2O2S/c1-3-19-12-10-18(11-13-20-4-2)14-16-8-7-15(21-16)6-5-9-17/h7-8H,3-4,9-14,17H2,1-2H3. The van der Waals surface area contributed by atoms with Crippen molar-refractivity contribution in [1.82, 2.24) is 4.90 Å². The van der Waals surface area contributed by atoms with Crippen LogP contribution in [0.2, 0.25) is 0 Å². The molecule has 1 aromatic rings. The van der Waals surface area contributed by atoms with Gasteiger partial charge in [0, 0.05) is 37.7 Å². The van der Waals surface area contributed by atoms with Gasteiger partial charge in [0.2, 0.25) is 0 Å². The number of rotatable bonds is 10. The SMILES string of the molecule is CCOCCN(CCOCC)Cc1ccc(C#CCN)s1. The average molecular weight is 310 g/mol. The van der Waals surface area contributed by atoms with E-state index >= 15 is 0 Å². The van der Waals surface area contributed by atoms with E-state index in [2.05, 4.69) is 28.9 Å². The van der Waals surface area contributed by atoms with Gasteiger partial charge in [-0.2, -0.15) is 0 Å². The highest BCUT2D eigenvalue weighted by atomic mass is 32.1. The zero-order chi connectivity index (χ0) is 15.3. The van der Waals surface area contributed by atoms with E-state index in [4.69, 9.17) is 15.2 Å². The molecular weight excluding hydrogens is 284 g/mol. The lowest BCUT2D eigenvalue weighted by Gasteiger charge is -2.21. The molecule has 0 radical (unpaired) electrons. The Balaban J connectivity index is 2.50. The van der Waals surface area contributed by atoms with Crippen molar-refractivity contribution < 1.29 is 9.47 Å². The highest BCUT2D eigenvalue weighted by Gasteiger charge is 2.08. The molecule has 4 nitrogen and oxygen atoms in total. The third-order valence-electron chi connectivity index (χ3n) is 2.87. The molecule has 1 rings (SSSR count). The van der Waals surface area contributed by atoms with Gasteiger partial charge in [0.05, 0.1) is 24.6 Å². The first kappa shape index (κ1) is 18.1. The molecule has 1 heterocycles. The molecule has 1 aromatic heterocycles. The second-order valence-electron chi connectivity index (χ2n) is 4.44. The molecule has 21 heavy (non-hydrogen) atoms. The smallest absolute Gasteiger partial charge is 0.0772 e. The third kappa shape index (κ3) is 8.20. The monoisotopic (exact) mass is 310 g/mol. The van der Waals surface area contributed by atoms with Crippen molar-refractivity contribution in [3.8, 4) is 11.8 Å². The van der Waals surface area contributed by atoms with Crippen molar-refractivity contribution in [2.45, 2.75) is 20.4 Å². The molecular formula is C16H26N2O2S. The van der Waals surface area contributed by atoms with E-state index in [1.165, 1.54) is 4.88 Å². The van der Waals surface area contributed by atoms with Gasteiger partial charge in [-0.05, 0) is 26.0 Å². The summed E-state index contributed by atoms with van der Waals surface area (Å²) in [4.78, 5) is 4.74. The normalized spacial score (nSPS) is 10.7. The van der Waals surface area contributed by atoms with E-state index in [1.54, 1.807) is 11.3 Å². The van der Waals surface area contributed by atoms with Crippen molar-refractivity contribution in [1.29, 1.82) is 0 Å². The summed E-state index contributed by atoms with van der Waals surface area (Å²) in [5.74, 6) is 5.97. The summed E-state index contributed by atoms with van der Waals surface area (Å²) < 4.78 is 10.9. The molecule has 0 amide bonds. The van der Waals surface area contributed by atoms with E-state index in [-0.39, 0.29) is 0 Å². The van der Waals surface area contributed by atoms with Crippen LogP contribution in [0.1, 0.15) is 23.6 Å². The molecule has 0 unspecified atom stereocenters. The van der Waals surface area contributed by atoms with Gasteiger partial charge in [0.25, 0.3) is 0 Å². The van der Waals surface area contributed by atoms with Crippen LogP contribution in [0.15, 0.2) is 12.1 Å². The fraction of sp³-hybridized carbons (Fsp3) is 0.625. The van der Waals surface area contributed by atoms with E-state index in [0.29, 0.717) is 6.54 Å². The number of nitrogens with two attached hydrogens (primary N) is 1. The van der Waals surface area contributed by atoms with Crippen LogP contribution in [0.5, 0.6) is 0 Å². The summed E-state index contributed by atoms with van der Waals surface area (Å²) in [7, 11) is 0. The van der Waals surface area contributed by atoms with Crippen molar-refractivity contribution >= 4 is 11.3 Å². The van der Waals surface area contributed by atoms with Gasteiger partial charge in [-0.3, -0.25) is 4.90 Å². The van der Waals surface area contributed by atoms with Crippen LogP contribution in [-0.2, 0) is 16.0 Å². The lowest BCUT2D eigenvalue weighted by molar-refractivity contribution is 0.0802. The van der Waals surface area contributed by atoms with Crippen molar-refractivity contribution in [2.24, 2.45) is 5.73 Å². The second-order valence-corrected chi connectivity index (χ2v) is 5.61. The van der Waals surface area contributed by atoms with Crippen LogP contribution in [0.4, 0.5) is 0 Å². The van der Waals surface area contributed by atoms with E-state index in [0.717, 1.165) is 50.9 Å². The molecule has 0 saturated heterocycles. The number of nitrogens with zero attached hydrogens (tertiary/aromatic N) is 1. The van der Waals surface area contributed by atoms with E-state index in [1.807, 2.05) is 13.8 Å². The number of ether oxygens (including phenoxy) is 2. The predicted molar refractivity (Wildman–Crippen MR) is 88.5 cm³/mol. The Kier molecular flexibility index (Phi) is 10.1. The molecule has 0 aliphatic carbocycles. The average Bonchev–Trinajstić information content (AvgIpc) is 2.93. The molecule has 2 N–H and O–H groups in total. The summed E-state index contributed by atoms with van der Waals surface area (Å²) in [6.45, 7) is 10.2. The Labute approximate surface area is 132 Å². The maximum atomic E-state index is 5.45. The summed E-state index contributed by atoms with van der Waals surface area (Å²) in [5, 5.41) is 0. The minimum Gasteiger partial charge on any atom is -0.380 e. The van der Waals surface area contributed by atoms with Crippen LogP contribution in [0, 0.1) is 11.8 Å². The lowest BCUT2D eigenvalue weighted by Crippen LogP contribution is -2.30. The Hall–Kier alpha value is -0.900. The van der Waals surface area contributed by atoms with E-state index in [9.17, 15) is 0 Å². The summed E-state index contributed by atoms with van der Waals surface area (Å²) in [6.07, 6.45) is 0. The van der Waals surface area contributed by atoms with Gasteiger partial charge >= 0.3 is 0 Å². The van der Waals surface area contributed by atoms with Gasteiger partial charge in [0.15, 0.2) is 0 Å². The Morgan fingerprint density at radius 3 is 2.38 bits per heavy atom. The van der Waals surface area contributed by atoms with Crippen LogP contribution in [0.25, 0.3) is 0 Å². The summed E-state index contributed by atoms with van der Waals surface area (Å²) in [5.41, 5.74) is 5.39. The molecule has 5 heteroatoms. The fourth-order valence-corrected chi connectivity index (χ4v) is 2.76. The molecule has 0 bridgehead atoms. The topological polar surface area (TPSA) is 47.7 Å². The van der Waals surface area contributed by atoms with Gasteiger partial charge in [-0.15, -0.1) is 11.3 Å². The van der Waals surface area contributed by atoms with Gasteiger partial charge in [0.1, 0.15) is 0 Å². The Morgan fingerprint density at radius 2 is 1.81 bits per heavy atom. The minimum atomic E-state index is 0.405. The number of hydrogen-bond donors (Lipinski definition) is 1. The molecule has 0 spiro atoms. The number of thiophene rings is 1. The highest BCUT2D eigenvalue weighted by Crippen LogP contribution is 2.17. The van der Waals surface area contributed by atoms with Gasteiger partial charge in [-0.1, -0.05) is 11.8 Å². The molecule has 0 aliphatic heterocycles. The summed E-state index contributed by atoms with van der Waals surface area (Å²) in [6, 6.07) is 4.20. The van der Waals surface area contributed by atoms with Crippen molar-refractivity contribution in [2.75, 3.05) is 46.1 Å². The highest BCUT2D eigenvalue weighted by molar-refractivity contribution is 7.12. The molecule has 0 atom stereocenters. The second kappa shape index (κ2) is 11.7. The van der Waals surface area contributed by atoms with Crippen molar-refractivity contribution in [3.05, 3.63) is 21.9 Å². The molecule has 0 aliphatic rings. The van der Waals surface area contributed by atoms with Crippen molar-refractivity contribution in [3.63, 3.8) is 0 Å². The first-order valence-electron chi connectivity index (χ1n) is 7.45. The van der Waals surface area contributed by atoms with Gasteiger partial charge < -0.3 is 15.2 Å². The Morgan fingerprint density at radius 1 is 1.14 bits per heavy atom. The molecule has 0 fully saturated rings. The summed E-state index contributed by atoms with van der Waals surface area (Å²) >= 11 is 1.73. The largest absolute Gasteiger partial charge is 0.380 e. The van der Waals surface area contributed by atoms with E-state index < -0.39 is 0 Å². The maximum Gasteiger partial charge on any atom is 0.0772 e. The third-order valence-corrected chi connectivity index (χ3v) is 3.85. The maximum absolute atomic E-state index is 5.45. The first-order valence-corrected chi connectivity index (χ1v) is 8.27. The van der Waals surface area contributed by atoms with Crippen LogP contribution in [-0.4, -0.2) is 51.0 Å². The lowest BCUT2D eigenvalue weighted by atomic mass is 10.3. The minimum absolute atomic E-state index is 0.405. The molecule has 0 saturated carbocycles. The molecule has 0 aromatic carbocycles. The Bertz CT molecular complexity index is 427.